The van der Waals surface area contributed by atoms with Crippen LogP contribution in [0.25, 0.3) is 0 Å². The maximum atomic E-state index is 12.2. The molecule has 126 valence electrons. The standard InChI is InChI=1S/C17H25N3O3/c1-4-13(2)18-16(21)17(22)20-11-9-19(10-12-20)14-7-5-6-8-15(14)23-3/h5-8,13H,4,9-12H2,1-3H3,(H,18,21). The third-order valence-electron chi connectivity index (χ3n) is 4.18. The number of benzene rings is 1. The summed E-state index contributed by atoms with van der Waals surface area (Å²) in [6, 6.07) is 7.84. The van der Waals surface area contributed by atoms with E-state index in [4.69, 9.17) is 4.74 Å². The van der Waals surface area contributed by atoms with Gasteiger partial charge in [0.15, 0.2) is 0 Å². The van der Waals surface area contributed by atoms with E-state index in [1.165, 1.54) is 0 Å². The molecule has 0 saturated carbocycles. The van der Waals surface area contributed by atoms with Gasteiger partial charge in [-0.25, -0.2) is 0 Å². The highest BCUT2D eigenvalue weighted by Crippen LogP contribution is 2.28. The Morgan fingerprint density at radius 2 is 1.87 bits per heavy atom. The first-order valence-electron chi connectivity index (χ1n) is 8.04. The molecule has 1 heterocycles. The molecular formula is C17H25N3O3. The number of piperazine rings is 1. The van der Waals surface area contributed by atoms with Crippen LogP contribution in [0.1, 0.15) is 20.3 Å². The van der Waals surface area contributed by atoms with Gasteiger partial charge in [-0.05, 0) is 25.5 Å². The molecule has 1 saturated heterocycles. The van der Waals surface area contributed by atoms with E-state index >= 15 is 0 Å². The lowest BCUT2D eigenvalue weighted by Crippen LogP contribution is -2.53. The highest BCUT2D eigenvalue weighted by atomic mass is 16.5. The summed E-state index contributed by atoms with van der Waals surface area (Å²) in [6.07, 6.45) is 0.806. The summed E-state index contributed by atoms with van der Waals surface area (Å²) in [5.74, 6) is -0.128. The lowest BCUT2D eigenvalue weighted by atomic mass is 10.2. The second-order valence-corrected chi connectivity index (χ2v) is 5.73. The van der Waals surface area contributed by atoms with Crippen LogP contribution in [0.4, 0.5) is 5.69 Å². The predicted octanol–water partition coefficient (Wildman–Crippen LogP) is 1.26. The number of nitrogens with zero attached hydrogens (tertiary/aromatic N) is 2. The molecule has 0 aromatic heterocycles. The molecule has 1 aliphatic heterocycles. The van der Waals surface area contributed by atoms with Crippen molar-refractivity contribution in [2.75, 3.05) is 38.2 Å². The van der Waals surface area contributed by atoms with Gasteiger partial charge in [0.05, 0.1) is 12.8 Å². The Hall–Kier alpha value is -2.24. The van der Waals surface area contributed by atoms with Crippen molar-refractivity contribution in [2.24, 2.45) is 0 Å². The van der Waals surface area contributed by atoms with Crippen molar-refractivity contribution in [2.45, 2.75) is 26.3 Å². The molecule has 0 spiro atoms. The second kappa shape index (κ2) is 7.85. The fraction of sp³-hybridized carbons (Fsp3) is 0.529. The number of anilines is 1. The van der Waals surface area contributed by atoms with Crippen LogP contribution in [0.3, 0.4) is 0 Å². The molecule has 23 heavy (non-hydrogen) atoms. The third kappa shape index (κ3) is 4.15. The van der Waals surface area contributed by atoms with Crippen LogP contribution in [-0.4, -0.2) is 56.0 Å². The maximum Gasteiger partial charge on any atom is 0.312 e. The molecule has 2 amide bonds. The molecular weight excluding hydrogens is 294 g/mol. The quantitative estimate of drug-likeness (QED) is 0.849. The van der Waals surface area contributed by atoms with Crippen molar-refractivity contribution < 1.29 is 14.3 Å². The van der Waals surface area contributed by atoms with Crippen LogP contribution in [0.5, 0.6) is 5.75 Å². The molecule has 1 unspecified atom stereocenters. The van der Waals surface area contributed by atoms with E-state index in [9.17, 15) is 9.59 Å². The molecule has 0 aliphatic carbocycles. The first-order chi connectivity index (χ1) is 11.1. The van der Waals surface area contributed by atoms with Crippen LogP contribution >= 0.6 is 0 Å². The van der Waals surface area contributed by atoms with Gasteiger partial charge in [0.2, 0.25) is 0 Å². The number of hydrogen-bond acceptors (Lipinski definition) is 4. The molecule has 2 rings (SSSR count). The van der Waals surface area contributed by atoms with Gasteiger partial charge in [-0.15, -0.1) is 0 Å². The minimum Gasteiger partial charge on any atom is -0.495 e. The molecule has 1 aromatic rings. The molecule has 6 heteroatoms. The number of methoxy groups -OCH3 is 1. The lowest BCUT2D eigenvalue weighted by Gasteiger charge is -2.36. The van der Waals surface area contributed by atoms with Crippen molar-refractivity contribution in [3.05, 3.63) is 24.3 Å². The first kappa shape index (κ1) is 17.1. The molecule has 1 N–H and O–H groups in total. The summed E-state index contributed by atoms with van der Waals surface area (Å²) < 4.78 is 5.38. The maximum absolute atomic E-state index is 12.2. The average molecular weight is 319 g/mol. The number of hydrogen-bond donors (Lipinski definition) is 1. The van der Waals surface area contributed by atoms with Gasteiger partial charge in [-0.3, -0.25) is 9.59 Å². The van der Waals surface area contributed by atoms with Gasteiger partial charge in [0.25, 0.3) is 0 Å². The second-order valence-electron chi connectivity index (χ2n) is 5.73. The van der Waals surface area contributed by atoms with Gasteiger partial charge in [0.1, 0.15) is 5.75 Å². The number of rotatable bonds is 4. The monoisotopic (exact) mass is 319 g/mol. The number of amides is 2. The van der Waals surface area contributed by atoms with Crippen molar-refractivity contribution in [3.8, 4) is 5.75 Å². The normalized spacial score (nSPS) is 16.0. The van der Waals surface area contributed by atoms with Crippen molar-refractivity contribution in [3.63, 3.8) is 0 Å². The molecule has 0 radical (unpaired) electrons. The van der Waals surface area contributed by atoms with E-state index in [1.54, 1.807) is 12.0 Å². The van der Waals surface area contributed by atoms with Gasteiger partial charge in [0, 0.05) is 32.2 Å². The predicted molar refractivity (Wildman–Crippen MR) is 89.7 cm³/mol. The molecule has 6 nitrogen and oxygen atoms in total. The zero-order valence-corrected chi connectivity index (χ0v) is 14.0. The fourth-order valence-corrected chi connectivity index (χ4v) is 2.57. The number of carbonyl (C=O) groups excluding carboxylic acids is 2. The minimum atomic E-state index is -0.509. The highest BCUT2D eigenvalue weighted by Gasteiger charge is 2.27. The van der Waals surface area contributed by atoms with Crippen molar-refractivity contribution >= 4 is 17.5 Å². The third-order valence-corrected chi connectivity index (χ3v) is 4.18. The topological polar surface area (TPSA) is 61.9 Å². The summed E-state index contributed by atoms with van der Waals surface area (Å²) in [6.45, 7) is 6.30. The zero-order chi connectivity index (χ0) is 16.8. The van der Waals surface area contributed by atoms with Gasteiger partial charge in [-0.2, -0.15) is 0 Å². The average Bonchev–Trinajstić information content (AvgIpc) is 2.60. The van der Waals surface area contributed by atoms with Crippen LogP contribution in [0.2, 0.25) is 0 Å². The SMILES string of the molecule is CCC(C)NC(=O)C(=O)N1CCN(c2ccccc2OC)CC1. The van der Waals surface area contributed by atoms with Gasteiger partial charge >= 0.3 is 11.8 Å². The van der Waals surface area contributed by atoms with Crippen LogP contribution in [-0.2, 0) is 9.59 Å². The molecule has 1 aliphatic rings. The van der Waals surface area contributed by atoms with E-state index in [-0.39, 0.29) is 6.04 Å². The minimum absolute atomic E-state index is 0.0151. The summed E-state index contributed by atoms with van der Waals surface area (Å²) in [4.78, 5) is 27.9. The highest BCUT2D eigenvalue weighted by molar-refractivity contribution is 6.35. The molecule has 0 bridgehead atoms. The Balaban J connectivity index is 1.93. The number of nitrogens with one attached hydrogen (secondary N) is 1. The Labute approximate surface area is 137 Å². The largest absolute Gasteiger partial charge is 0.495 e. The summed E-state index contributed by atoms with van der Waals surface area (Å²) in [5.41, 5.74) is 1.02. The number of para-hydroxylation sites is 2. The Bertz CT molecular complexity index is 554. The van der Waals surface area contributed by atoms with Crippen molar-refractivity contribution in [1.29, 1.82) is 0 Å². The Morgan fingerprint density at radius 1 is 1.22 bits per heavy atom. The summed E-state index contributed by atoms with van der Waals surface area (Å²) >= 11 is 0. The summed E-state index contributed by atoms with van der Waals surface area (Å²) in [5, 5.41) is 2.72. The molecule has 1 atom stereocenters. The lowest BCUT2D eigenvalue weighted by molar-refractivity contribution is -0.146. The van der Waals surface area contributed by atoms with Crippen LogP contribution < -0.4 is 15.0 Å². The Kier molecular flexibility index (Phi) is 5.84. The van der Waals surface area contributed by atoms with E-state index < -0.39 is 11.8 Å². The Morgan fingerprint density at radius 3 is 2.48 bits per heavy atom. The molecule has 1 fully saturated rings. The van der Waals surface area contributed by atoms with E-state index in [0.717, 1.165) is 17.9 Å². The fourth-order valence-electron chi connectivity index (χ4n) is 2.57. The van der Waals surface area contributed by atoms with Crippen LogP contribution in [0.15, 0.2) is 24.3 Å². The van der Waals surface area contributed by atoms with Crippen molar-refractivity contribution in [1.82, 2.24) is 10.2 Å². The van der Waals surface area contributed by atoms with E-state index in [1.807, 2.05) is 38.1 Å². The zero-order valence-electron chi connectivity index (χ0n) is 14.0. The van der Waals surface area contributed by atoms with Gasteiger partial charge in [-0.1, -0.05) is 19.1 Å². The number of carbonyl (C=O) groups is 2. The van der Waals surface area contributed by atoms with Gasteiger partial charge < -0.3 is 19.9 Å². The van der Waals surface area contributed by atoms with E-state index in [2.05, 4.69) is 10.2 Å². The summed E-state index contributed by atoms with van der Waals surface area (Å²) in [7, 11) is 1.65. The van der Waals surface area contributed by atoms with E-state index in [0.29, 0.717) is 26.2 Å². The first-order valence-corrected chi connectivity index (χ1v) is 8.04. The smallest absolute Gasteiger partial charge is 0.312 e. The molecule has 1 aromatic carbocycles. The number of ether oxygens (including phenoxy) is 1. The van der Waals surface area contributed by atoms with Crippen LogP contribution in [0, 0.1) is 0 Å².